The Morgan fingerprint density at radius 3 is 2.40 bits per heavy atom. The number of ether oxygens (including phenoxy) is 2. The molecule has 0 fully saturated rings. The molecule has 1 rings (SSSR count). The van der Waals surface area contributed by atoms with Crippen molar-refractivity contribution >= 4 is 15.9 Å². The van der Waals surface area contributed by atoms with Crippen molar-refractivity contribution in [2.45, 2.75) is 13.5 Å². The van der Waals surface area contributed by atoms with E-state index in [0.717, 1.165) is 27.1 Å². The Bertz CT molecular complexity index is 355. The zero-order valence-corrected chi connectivity index (χ0v) is 10.5. The molecule has 0 aliphatic heterocycles. The molecule has 0 radical (unpaired) electrons. The van der Waals surface area contributed by atoms with Gasteiger partial charge in [-0.2, -0.15) is 0 Å². The van der Waals surface area contributed by atoms with Crippen LogP contribution in [0.2, 0.25) is 0 Å². The molecule has 0 unspecified atom stereocenters. The van der Waals surface area contributed by atoms with E-state index in [9.17, 15) is 0 Å². The third-order valence-corrected chi connectivity index (χ3v) is 2.76. The van der Waals surface area contributed by atoms with Gasteiger partial charge in [-0.25, -0.2) is 5.48 Å². The molecular formula is C10H14BrNO3. The van der Waals surface area contributed by atoms with Crippen molar-refractivity contribution in [3.63, 3.8) is 0 Å². The Kier molecular flexibility index (Phi) is 4.38. The Balaban J connectivity index is 3.30. The predicted molar refractivity (Wildman–Crippen MR) is 60.6 cm³/mol. The van der Waals surface area contributed by atoms with Gasteiger partial charge < -0.3 is 14.7 Å². The lowest BCUT2D eigenvalue weighted by Gasteiger charge is -2.15. The highest BCUT2D eigenvalue weighted by atomic mass is 79.9. The minimum absolute atomic E-state index is 0.326. The number of hydrogen-bond acceptors (Lipinski definition) is 4. The average molecular weight is 276 g/mol. The molecule has 0 amide bonds. The number of rotatable bonds is 4. The van der Waals surface area contributed by atoms with Gasteiger partial charge in [0.15, 0.2) is 0 Å². The summed E-state index contributed by atoms with van der Waals surface area (Å²) in [5.74, 6) is 1.46. The van der Waals surface area contributed by atoms with Gasteiger partial charge in [-0.15, -0.1) is 0 Å². The topological polar surface area (TPSA) is 50.7 Å². The van der Waals surface area contributed by atoms with Crippen LogP contribution in [0.15, 0.2) is 10.5 Å². The zero-order chi connectivity index (χ0) is 11.4. The van der Waals surface area contributed by atoms with Crippen molar-refractivity contribution in [3.05, 3.63) is 21.7 Å². The molecule has 84 valence electrons. The monoisotopic (exact) mass is 275 g/mol. The van der Waals surface area contributed by atoms with Gasteiger partial charge in [0.2, 0.25) is 0 Å². The average Bonchev–Trinajstić information content (AvgIpc) is 2.19. The molecule has 2 N–H and O–H groups in total. The lowest BCUT2D eigenvalue weighted by Crippen LogP contribution is -2.09. The smallest absolute Gasteiger partial charge is 0.139 e. The third-order valence-electron chi connectivity index (χ3n) is 2.17. The van der Waals surface area contributed by atoms with E-state index in [1.165, 1.54) is 0 Å². The van der Waals surface area contributed by atoms with Crippen molar-refractivity contribution < 1.29 is 14.7 Å². The van der Waals surface area contributed by atoms with Gasteiger partial charge in [0, 0.05) is 17.7 Å². The van der Waals surface area contributed by atoms with Gasteiger partial charge in [-0.1, -0.05) is 0 Å². The van der Waals surface area contributed by atoms with E-state index in [2.05, 4.69) is 21.4 Å². The summed E-state index contributed by atoms with van der Waals surface area (Å²) >= 11 is 3.40. The molecule has 0 aliphatic rings. The number of methoxy groups -OCH3 is 2. The van der Waals surface area contributed by atoms with Gasteiger partial charge in [0.25, 0.3) is 0 Å². The van der Waals surface area contributed by atoms with Crippen molar-refractivity contribution in [3.8, 4) is 11.5 Å². The summed E-state index contributed by atoms with van der Waals surface area (Å²) < 4.78 is 11.4. The fourth-order valence-electron chi connectivity index (χ4n) is 1.56. The molecule has 0 bridgehead atoms. The van der Waals surface area contributed by atoms with E-state index < -0.39 is 0 Å². The molecule has 0 heterocycles. The largest absolute Gasteiger partial charge is 0.496 e. The summed E-state index contributed by atoms with van der Waals surface area (Å²) in [6.07, 6.45) is 0. The van der Waals surface area contributed by atoms with Gasteiger partial charge in [-0.3, -0.25) is 0 Å². The first-order valence-corrected chi connectivity index (χ1v) is 5.21. The fraction of sp³-hybridized carbons (Fsp3) is 0.400. The van der Waals surface area contributed by atoms with Crippen LogP contribution in [0.1, 0.15) is 11.1 Å². The van der Waals surface area contributed by atoms with Gasteiger partial charge in [0.1, 0.15) is 11.5 Å². The first-order chi connectivity index (χ1) is 7.15. The Labute approximate surface area is 97.3 Å². The SMILES string of the molecule is COc1c(Br)cc(CNO)c(OC)c1C. The van der Waals surface area contributed by atoms with Crippen LogP contribution in [-0.4, -0.2) is 19.4 Å². The first-order valence-electron chi connectivity index (χ1n) is 4.42. The molecule has 15 heavy (non-hydrogen) atoms. The summed E-state index contributed by atoms with van der Waals surface area (Å²) in [5, 5.41) is 8.70. The fourth-order valence-corrected chi connectivity index (χ4v) is 2.29. The Morgan fingerprint density at radius 1 is 1.33 bits per heavy atom. The maximum Gasteiger partial charge on any atom is 0.139 e. The molecule has 0 aromatic heterocycles. The lowest BCUT2D eigenvalue weighted by molar-refractivity contribution is 0.160. The Hall–Kier alpha value is -0.780. The van der Waals surface area contributed by atoms with Crippen molar-refractivity contribution in [1.82, 2.24) is 5.48 Å². The van der Waals surface area contributed by atoms with Crippen LogP contribution in [0.3, 0.4) is 0 Å². The highest BCUT2D eigenvalue weighted by molar-refractivity contribution is 9.10. The van der Waals surface area contributed by atoms with E-state index in [1.807, 2.05) is 13.0 Å². The predicted octanol–water partition coefficient (Wildman–Crippen LogP) is 2.25. The van der Waals surface area contributed by atoms with Crippen LogP contribution < -0.4 is 15.0 Å². The summed E-state index contributed by atoms with van der Waals surface area (Å²) in [7, 11) is 3.20. The molecular weight excluding hydrogens is 262 g/mol. The lowest BCUT2D eigenvalue weighted by atomic mass is 10.1. The number of nitrogens with one attached hydrogen (secondary N) is 1. The van der Waals surface area contributed by atoms with Crippen LogP contribution in [0.5, 0.6) is 11.5 Å². The highest BCUT2D eigenvalue weighted by Gasteiger charge is 2.14. The normalized spacial score (nSPS) is 10.2. The van der Waals surface area contributed by atoms with Crippen LogP contribution in [0, 0.1) is 6.92 Å². The molecule has 0 saturated heterocycles. The minimum atomic E-state index is 0.326. The summed E-state index contributed by atoms with van der Waals surface area (Å²) in [4.78, 5) is 0. The molecule has 0 saturated carbocycles. The summed E-state index contributed by atoms with van der Waals surface area (Å²) in [5.41, 5.74) is 3.88. The van der Waals surface area contributed by atoms with Crippen LogP contribution in [0.4, 0.5) is 0 Å². The van der Waals surface area contributed by atoms with E-state index in [4.69, 9.17) is 14.7 Å². The van der Waals surface area contributed by atoms with Crippen LogP contribution in [0.25, 0.3) is 0 Å². The van der Waals surface area contributed by atoms with Gasteiger partial charge in [0.05, 0.1) is 18.7 Å². The third kappa shape index (κ3) is 2.42. The molecule has 1 aromatic carbocycles. The number of benzene rings is 1. The van der Waals surface area contributed by atoms with Crippen molar-refractivity contribution in [2.75, 3.05) is 14.2 Å². The summed E-state index contributed by atoms with van der Waals surface area (Å²) in [6, 6.07) is 1.86. The van der Waals surface area contributed by atoms with E-state index in [1.54, 1.807) is 14.2 Å². The maximum atomic E-state index is 8.70. The van der Waals surface area contributed by atoms with Gasteiger partial charge in [-0.05, 0) is 28.9 Å². The van der Waals surface area contributed by atoms with Crippen molar-refractivity contribution in [1.29, 1.82) is 0 Å². The van der Waals surface area contributed by atoms with E-state index >= 15 is 0 Å². The standard InChI is InChI=1S/C10H14BrNO3/c1-6-9(14-2)7(5-12-13)4-8(11)10(6)15-3/h4,12-13H,5H2,1-3H3. The second-order valence-corrected chi connectivity index (χ2v) is 3.90. The maximum absolute atomic E-state index is 8.70. The molecule has 0 atom stereocenters. The molecule has 5 heteroatoms. The molecule has 1 aromatic rings. The molecule has 0 spiro atoms. The molecule has 0 aliphatic carbocycles. The number of halogens is 1. The summed E-state index contributed by atoms with van der Waals surface area (Å²) in [6.45, 7) is 2.23. The minimum Gasteiger partial charge on any atom is -0.496 e. The number of hydrogen-bond donors (Lipinski definition) is 2. The molecule has 4 nitrogen and oxygen atoms in total. The van der Waals surface area contributed by atoms with Crippen LogP contribution >= 0.6 is 15.9 Å². The highest BCUT2D eigenvalue weighted by Crippen LogP contribution is 2.37. The second kappa shape index (κ2) is 5.34. The van der Waals surface area contributed by atoms with E-state index in [0.29, 0.717) is 6.54 Å². The number of hydroxylamine groups is 1. The van der Waals surface area contributed by atoms with Crippen molar-refractivity contribution in [2.24, 2.45) is 0 Å². The quantitative estimate of drug-likeness (QED) is 0.828. The zero-order valence-electron chi connectivity index (χ0n) is 8.93. The second-order valence-electron chi connectivity index (χ2n) is 3.04. The Morgan fingerprint density at radius 2 is 1.93 bits per heavy atom. The van der Waals surface area contributed by atoms with Crippen LogP contribution in [-0.2, 0) is 6.54 Å². The van der Waals surface area contributed by atoms with E-state index in [-0.39, 0.29) is 0 Å². The van der Waals surface area contributed by atoms with Gasteiger partial charge >= 0.3 is 0 Å². The first kappa shape index (κ1) is 12.3.